The standard InChI is InChI=1S/C19H20BrN3O3/c1-24-16-7-3-14(4-8-16)11-23-18(21-19(20)22-23)13-26-12-15-5-9-17(25-2)10-6-15/h3-10H,11-13H2,1-2H3. The first kappa shape index (κ1) is 18.4. The quantitative estimate of drug-likeness (QED) is 0.557. The molecular formula is C19H20BrN3O3. The monoisotopic (exact) mass is 417 g/mol. The van der Waals surface area contributed by atoms with Gasteiger partial charge in [-0.2, -0.15) is 0 Å². The Morgan fingerprint density at radius 1 is 0.846 bits per heavy atom. The van der Waals surface area contributed by atoms with Gasteiger partial charge in [0.2, 0.25) is 4.73 Å². The molecule has 0 aliphatic heterocycles. The highest BCUT2D eigenvalue weighted by Gasteiger charge is 2.09. The van der Waals surface area contributed by atoms with Crippen molar-refractivity contribution < 1.29 is 14.2 Å². The molecule has 136 valence electrons. The van der Waals surface area contributed by atoms with Crippen LogP contribution in [0, 0.1) is 0 Å². The second-order valence-corrected chi connectivity index (χ2v) is 6.35. The second kappa shape index (κ2) is 8.82. The Labute approximate surface area is 160 Å². The highest BCUT2D eigenvalue weighted by atomic mass is 79.9. The zero-order chi connectivity index (χ0) is 18.4. The third-order valence-corrected chi connectivity index (χ3v) is 4.21. The van der Waals surface area contributed by atoms with Crippen LogP contribution in [-0.2, 0) is 24.5 Å². The van der Waals surface area contributed by atoms with Crippen LogP contribution in [0.15, 0.2) is 53.3 Å². The van der Waals surface area contributed by atoms with Crippen molar-refractivity contribution >= 4 is 15.9 Å². The fourth-order valence-corrected chi connectivity index (χ4v) is 2.86. The average molecular weight is 418 g/mol. The number of halogens is 1. The largest absolute Gasteiger partial charge is 0.497 e. The lowest BCUT2D eigenvalue weighted by Gasteiger charge is -2.08. The summed E-state index contributed by atoms with van der Waals surface area (Å²) in [6.45, 7) is 1.49. The van der Waals surface area contributed by atoms with Crippen molar-refractivity contribution in [1.82, 2.24) is 14.8 Å². The van der Waals surface area contributed by atoms with Gasteiger partial charge in [-0.3, -0.25) is 0 Å². The van der Waals surface area contributed by atoms with Crippen molar-refractivity contribution in [1.29, 1.82) is 0 Å². The minimum Gasteiger partial charge on any atom is -0.497 e. The summed E-state index contributed by atoms with van der Waals surface area (Å²) < 4.78 is 18.5. The molecule has 0 fully saturated rings. The Kier molecular flexibility index (Phi) is 6.25. The molecule has 0 saturated heterocycles. The molecule has 1 aromatic heterocycles. The maximum absolute atomic E-state index is 5.80. The molecule has 0 atom stereocenters. The van der Waals surface area contributed by atoms with Crippen LogP contribution in [0.4, 0.5) is 0 Å². The first-order chi connectivity index (χ1) is 12.7. The summed E-state index contributed by atoms with van der Waals surface area (Å²) in [5, 5.41) is 4.39. The lowest BCUT2D eigenvalue weighted by atomic mass is 10.2. The first-order valence-electron chi connectivity index (χ1n) is 8.11. The van der Waals surface area contributed by atoms with Crippen LogP contribution >= 0.6 is 15.9 Å². The zero-order valence-corrected chi connectivity index (χ0v) is 16.3. The highest BCUT2D eigenvalue weighted by molar-refractivity contribution is 9.10. The predicted molar refractivity (Wildman–Crippen MR) is 101 cm³/mol. The van der Waals surface area contributed by atoms with Crippen molar-refractivity contribution in [2.45, 2.75) is 19.8 Å². The zero-order valence-electron chi connectivity index (χ0n) is 14.7. The van der Waals surface area contributed by atoms with Crippen molar-refractivity contribution in [3.63, 3.8) is 0 Å². The van der Waals surface area contributed by atoms with E-state index >= 15 is 0 Å². The van der Waals surface area contributed by atoms with Crippen LogP contribution in [0.1, 0.15) is 17.0 Å². The summed E-state index contributed by atoms with van der Waals surface area (Å²) in [5.41, 5.74) is 2.19. The molecule has 3 rings (SSSR count). The number of benzene rings is 2. The van der Waals surface area contributed by atoms with E-state index < -0.39 is 0 Å². The molecule has 0 bridgehead atoms. The van der Waals surface area contributed by atoms with Gasteiger partial charge in [0.15, 0.2) is 5.82 Å². The molecule has 26 heavy (non-hydrogen) atoms. The smallest absolute Gasteiger partial charge is 0.217 e. The summed E-state index contributed by atoms with van der Waals surface area (Å²) >= 11 is 3.34. The fraction of sp³-hybridized carbons (Fsp3) is 0.263. The molecule has 0 amide bonds. The number of nitrogens with zero attached hydrogens (tertiary/aromatic N) is 3. The molecule has 0 aliphatic carbocycles. The third kappa shape index (κ3) is 4.83. The van der Waals surface area contributed by atoms with Crippen molar-refractivity contribution in [2.75, 3.05) is 14.2 Å². The lowest BCUT2D eigenvalue weighted by Crippen LogP contribution is -2.08. The van der Waals surface area contributed by atoms with E-state index in [1.54, 1.807) is 14.2 Å². The molecular weight excluding hydrogens is 398 g/mol. The Hall–Kier alpha value is -2.38. The number of ether oxygens (including phenoxy) is 3. The molecule has 0 N–H and O–H groups in total. The van der Waals surface area contributed by atoms with E-state index in [1.807, 2.05) is 53.2 Å². The Bertz CT molecular complexity index is 832. The minimum atomic E-state index is 0.376. The third-order valence-electron chi connectivity index (χ3n) is 3.87. The van der Waals surface area contributed by atoms with Gasteiger partial charge < -0.3 is 14.2 Å². The van der Waals surface area contributed by atoms with Crippen LogP contribution in [-0.4, -0.2) is 29.0 Å². The summed E-state index contributed by atoms with van der Waals surface area (Å²) in [4.78, 5) is 4.40. The normalized spacial score (nSPS) is 10.7. The number of rotatable bonds is 8. The van der Waals surface area contributed by atoms with Crippen LogP contribution in [0.3, 0.4) is 0 Å². The molecule has 0 radical (unpaired) electrons. The van der Waals surface area contributed by atoms with Gasteiger partial charge in [0.25, 0.3) is 0 Å². The summed E-state index contributed by atoms with van der Waals surface area (Å²) in [6.07, 6.45) is 0. The summed E-state index contributed by atoms with van der Waals surface area (Å²) in [6, 6.07) is 15.7. The van der Waals surface area contributed by atoms with Crippen LogP contribution in [0.2, 0.25) is 0 Å². The van der Waals surface area contributed by atoms with Gasteiger partial charge in [-0.25, -0.2) is 9.67 Å². The van der Waals surface area contributed by atoms with Crippen molar-refractivity contribution in [3.8, 4) is 11.5 Å². The Morgan fingerprint density at radius 3 is 2.00 bits per heavy atom. The molecule has 2 aromatic carbocycles. The average Bonchev–Trinajstić information content (AvgIpc) is 3.02. The highest BCUT2D eigenvalue weighted by Crippen LogP contribution is 2.15. The molecule has 0 spiro atoms. The maximum atomic E-state index is 5.80. The van der Waals surface area contributed by atoms with E-state index in [-0.39, 0.29) is 0 Å². The number of hydrogen-bond acceptors (Lipinski definition) is 5. The number of aromatic nitrogens is 3. The van der Waals surface area contributed by atoms with Crippen molar-refractivity contribution in [3.05, 3.63) is 70.2 Å². The van der Waals surface area contributed by atoms with E-state index in [2.05, 4.69) is 26.0 Å². The predicted octanol–water partition coefficient (Wildman–Crippen LogP) is 3.82. The first-order valence-corrected chi connectivity index (χ1v) is 8.90. The van der Waals surface area contributed by atoms with Crippen LogP contribution < -0.4 is 9.47 Å². The summed E-state index contributed by atoms with van der Waals surface area (Å²) in [5.74, 6) is 2.43. The number of hydrogen-bond donors (Lipinski definition) is 0. The molecule has 0 aliphatic rings. The fourth-order valence-electron chi connectivity index (χ4n) is 2.46. The van der Waals surface area contributed by atoms with Gasteiger partial charge in [0.1, 0.15) is 18.1 Å². The van der Waals surface area contributed by atoms with Crippen LogP contribution in [0.25, 0.3) is 0 Å². The van der Waals surface area contributed by atoms with Gasteiger partial charge in [-0.05, 0) is 51.3 Å². The number of methoxy groups -OCH3 is 2. The minimum absolute atomic E-state index is 0.376. The second-order valence-electron chi connectivity index (χ2n) is 5.64. The SMILES string of the molecule is COc1ccc(COCc2nc(Br)nn2Cc2ccc(OC)cc2)cc1. The van der Waals surface area contributed by atoms with E-state index in [9.17, 15) is 0 Å². The lowest BCUT2D eigenvalue weighted by molar-refractivity contribution is 0.0988. The summed E-state index contributed by atoms with van der Waals surface area (Å²) in [7, 11) is 3.31. The molecule has 1 heterocycles. The van der Waals surface area contributed by atoms with Gasteiger partial charge in [0.05, 0.1) is 27.4 Å². The van der Waals surface area contributed by atoms with Crippen molar-refractivity contribution in [2.24, 2.45) is 0 Å². The van der Waals surface area contributed by atoms with E-state index in [0.29, 0.717) is 24.5 Å². The van der Waals surface area contributed by atoms with Gasteiger partial charge in [-0.15, -0.1) is 5.10 Å². The van der Waals surface area contributed by atoms with Crippen LogP contribution in [0.5, 0.6) is 11.5 Å². The van der Waals surface area contributed by atoms with Gasteiger partial charge in [0, 0.05) is 0 Å². The molecule has 3 aromatic rings. The van der Waals surface area contributed by atoms with E-state index in [0.717, 1.165) is 28.5 Å². The van der Waals surface area contributed by atoms with Gasteiger partial charge >= 0.3 is 0 Å². The Balaban J connectivity index is 1.60. The van der Waals surface area contributed by atoms with E-state index in [4.69, 9.17) is 14.2 Å². The maximum Gasteiger partial charge on any atom is 0.217 e. The topological polar surface area (TPSA) is 58.4 Å². The van der Waals surface area contributed by atoms with E-state index in [1.165, 1.54) is 0 Å². The molecule has 7 heteroatoms. The molecule has 6 nitrogen and oxygen atoms in total. The Morgan fingerprint density at radius 2 is 1.42 bits per heavy atom. The molecule has 0 unspecified atom stereocenters. The van der Waals surface area contributed by atoms with Gasteiger partial charge in [-0.1, -0.05) is 24.3 Å². The molecule has 0 saturated carbocycles.